The van der Waals surface area contributed by atoms with Crippen molar-refractivity contribution < 1.29 is 13.6 Å². The molecule has 3 aromatic rings. The van der Waals surface area contributed by atoms with Crippen LogP contribution in [0.5, 0.6) is 0 Å². The van der Waals surface area contributed by atoms with Crippen molar-refractivity contribution in [2.24, 2.45) is 0 Å². The molecule has 2 aromatic carbocycles. The third-order valence-electron chi connectivity index (χ3n) is 4.69. The van der Waals surface area contributed by atoms with Crippen molar-refractivity contribution in [3.63, 3.8) is 0 Å². The van der Waals surface area contributed by atoms with Gasteiger partial charge in [0.15, 0.2) is 0 Å². The maximum Gasteiger partial charge on any atom is 0.256 e. The smallest absolute Gasteiger partial charge is 0.256 e. The Labute approximate surface area is 159 Å². The number of aromatic nitrogens is 2. The van der Waals surface area contributed by atoms with Crippen LogP contribution >= 0.6 is 11.3 Å². The van der Waals surface area contributed by atoms with Crippen molar-refractivity contribution in [2.75, 3.05) is 13.1 Å². The fourth-order valence-corrected chi connectivity index (χ4v) is 4.25. The molecule has 1 aliphatic heterocycles. The largest absolute Gasteiger partial charge is 0.338 e. The molecule has 1 saturated heterocycles. The van der Waals surface area contributed by atoms with Gasteiger partial charge < -0.3 is 4.90 Å². The molecule has 1 aliphatic rings. The van der Waals surface area contributed by atoms with Gasteiger partial charge in [0.2, 0.25) is 0 Å². The van der Waals surface area contributed by atoms with E-state index >= 15 is 0 Å². The predicted octanol–water partition coefficient (Wildman–Crippen LogP) is 4.50. The Kier molecular flexibility index (Phi) is 4.94. The average Bonchev–Trinajstić information content (AvgIpc) is 3.19. The standard InChI is InChI=1S/C20H17F2N3OS/c21-15-9-7-13(8-10-15)18-23-24-19(27-18)14-4-3-11-25(12-14)20(26)16-5-1-2-6-17(16)22/h1-2,5-10,14H,3-4,11-12H2. The van der Waals surface area contributed by atoms with Crippen LogP contribution in [0.1, 0.15) is 34.1 Å². The zero-order valence-electron chi connectivity index (χ0n) is 14.4. The summed E-state index contributed by atoms with van der Waals surface area (Å²) < 4.78 is 27.0. The number of rotatable bonds is 3. The summed E-state index contributed by atoms with van der Waals surface area (Å²) in [4.78, 5) is 14.4. The highest BCUT2D eigenvalue weighted by molar-refractivity contribution is 7.14. The van der Waals surface area contributed by atoms with Gasteiger partial charge in [-0.1, -0.05) is 23.5 Å². The van der Waals surface area contributed by atoms with Gasteiger partial charge in [0, 0.05) is 24.6 Å². The van der Waals surface area contributed by atoms with Crippen LogP contribution in [0.3, 0.4) is 0 Å². The number of amides is 1. The van der Waals surface area contributed by atoms with E-state index in [9.17, 15) is 13.6 Å². The summed E-state index contributed by atoms with van der Waals surface area (Å²) in [5.41, 5.74) is 0.915. The third kappa shape index (κ3) is 3.73. The summed E-state index contributed by atoms with van der Waals surface area (Å²) in [7, 11) is 0. The summed E-state index contributed by atoms with van der Waals surface area (Å²) >= 11 is 1.45. The molecule has 0 saturated carbocycles. The van der Waals surface area contributed by atoms with Crippen molar-refractivity contribution in [1.82, 2.24) is 15.1 Å². The maximum absolute atomic E-state index is 13.9. The lowest BCUT2D eigenvalue weighted by molar-refractivity contribution is 0.0702. The van der Waals surface area contributed by atoms with E-state index in [0.29, 0.717) is 13.1 Å². The first-order valence-electron chi connectivity index (χ1n) is 8.75. The molecule has 0 N–H and O–H groups in total. The second-order valence-electron chi connectivity index (χ2n) is 6.52. The molecule has 138 valence electrons. The maximum atomic E-state index is 13.9. The number of hydrogen-bond donors (Lipinski definition) is 0. The third-order valence-corrected chi connectivity index (χ3v) is 5.83. The second-order valence-corrected chi connectivity index (χ2v) is 7.53. The fourth-order valence-electron chi connectivity index (χ4n) is 3.28. The molecule has 1 aromatic heterocycles. The van der Waals surface area contributed by atoms with E-state index in [4.69, 9.17) is 0 Å². The van der Waals surface area contributed by atoms with Crippen molar-refractivity contribution >= 4 is 17.2 Å². The van der Waals surface area contributed by atoms with Crippen molar-refractivity contribution in [3.8, 4) is 10.6 Å². The van der Waals surface area contributed by atoms with Crippen LogP contribution in [-0.4, -0.2) is 34.1 Å². The minimum absolute atomic E-state index is 0.0705. The van der Waals surface area contributed by atoms with Crippen LogP contribution in [-0.2, 0) is 0 Å². The Hall–Kier alpha value is -2.67. The van der Waals surface area contributed by atoms with Gasteiger partial charge >= 0.3 is 0 Å². The Morgan fingerprint density at radius 2 is 1.85 bits per heavy atom. The van der Waals surface area contributed by atoms with Crippen molar-refractivity contribution in [2.45, 2.75) is 18.8 Å². The molecule has 4 nitrogen and oxygen atoms in total. The van der Waals surface area contributed by atoms with Crippen LogP contribution in [0.25, 0.3) is 10.6 Å². The molecule has 0 radical (unpaired) electrons. The van der Waals surface area contributed by atoms with E-state index in [0.717, 1.165) is 28.4 Å². The van der Waals surface area contributed by atoms with Crippen LogP contribution in [0.4, 0.5) is 8.78 Å². The van der Waals surface area contributed by atoms with Gasteiger partial charge in [-0.2, -0.15) is 0 Å². The lowest BCUT2D eigenvalue weighted by atomic mass is 9.98. The highest BCUT2D eigenvalue weighted by Crippen LogP contribution is 2.33. The minimum atomic E-state index is -0.501. The lowest BCUT2D eigenvalue weighted by Gasteiger charge is -2.31. The molecule has 0 aliphatic carbocycles. The van der Waals surface area contributed by atoms with Crippen LogP contribution in [0.2, 0.25) is 0 Å². The average molecular weight is 385 g/mol. The van der Waals surface area contributed by atoms with E-state index in [1.165, 1.54) is 35.6 Å². The topological polar surface area (TPSA) is 46.1 Å². The number of likely N-dealkylation sites (tertiary alicyclic amines) is 1. The molecule has 7 heteroatoms. The summed E-state index contributed by atoms with van der Waals surface area (Å²) in [5.74, 6) is -1.01. The molecule has 1 atom stereocenters. The first-order chi connectivity index (χ1) is 13.1. The number of carbonyl (C=O) groups is 1. The Balaban J connectivity index is 1.51. The van der Waals surface area contributed by atoms with E-state index in [1.807, 2.05) is 0 Å². The number of hydrogen-bond acceptors (Lipinski definition) is 4. The molecule has 1 amide bonds. The van der Waals surface area contributed by atoms with Gasteiger partial charge in [0.25, 0.3) is 5.91 Å². The number of carbonyl (C=O) groups excluding carboxylic acids is 1. The van der Waals surface area contributed by atoms with Gasteiger partial charge in [-0.25, -0.2) is 8.78 Å². The normalized spacial score (nSPS) is 17.1. The Morgan fingerprint density at radius 1 is 1.07 bits per heavy atom. The van der Waals surface area contributed by atoms with Crippen LogP contribution in [0, 0.1) is 11.6 Å². The molecule has 2 heterocycles. The first-order valence-corrected chi connectivity index (χ1v) is 9.56. The number of benzene rings is 2. The van der Waals surface area contributed by atoms with Crippen molar-refractivity contribution in [3.05, 3.63) is 70.7 Å². The zero-order valence-corrected chi connectivity index (χ0v) is 15.3. The summed E-state index contributed by atoms with van der Waals surface area (Å²) in [6.07, 6.45) is 1.73. The molecular weight excluding hydrogens is 368 g/mol. The molecule has 27 heavy (non-hydrogen) atoms. The number of nitrogens with zero attached hydrogens (tertiary/aromatic N) is 3. The number of piperidine rings is 1. The van der Waals surface area contributed by atoms with E-state index in [1.54, 1.807) is 29.2 Å². The molecule has 4 rings (SSSR count). The van der Waals surface area contributed by atoms with E-state index in [-0.39, 0.29) is 23.2 Å². The van der Waals surface area contributed by atoms with Gasteiger partial charge in [-0.05, 0) is 49.2 Å². The van der Waals surface area contributed by atoms with Crippen LogP contribution in [0.15, 0.2) is 48.5 Å². The highest BCUT2D eigenvalue weighted by Gasteiger charge is 2.29. The summed E-state index contributed by atoms with van der Waals surface area (Å²) in [5, 5.41) is 10.1. The highest BCUT2D eigenvalue weighted by atomic mass is 32.1. The lowest BCUT2D eigenvalue weighted by Crippen LogP contribution is -2.39. The quantitative estimate of drug-likeness (QED) is 0.667. The molecule has 0 spiro atoms. The van der Waals surface area contributed by atoms with Crippen LogP contribution < -0.4 is 0 Å². The van der Waals surface area contributed by atoms with Gasteiger partial charge in [0.05, 0.1) is 5.56 Å². The first kappa shape index (κ1) is 17.7. The van der Waals surface area contributed by atoms with Gasteiger partial charge in [-0.3, -0.25) is 4.79 Å². The SMILES string of the molecule is O=C(c1ccccc1F)N1CCCC(c2nnc(-c3ccc(F)cc3)s2)C1. The molecular formula is C20H17F2N3OS. The summed E-state index contributed by atoms with van der Waals surface area (Å²) in [6.45, 7) is 1.10. The molecule has 0 bridgehead atoms. The van der Waals surface area contributed by atoms with E-state index in [2.05, 4.69) is 10.2 Å². The Bertz CT molecular complexity index is 958. The van der Waals surface area contributed by atoms with E-state index < -0.39 is 5.82 Å². The fraction of sp³-hybridized carbons (Fsp3) is 0.250. The molecule has 1 fully saturated rings. The minimum Gasteiger partial charge on any atom is -0.338 e. The van der Waals surface area contributed by atoms with Gasteiger partial charge in [-0.15, -0.1) is 10.2 Å². The van der Waals surface area contributed by atoms with Crippen molar-refractivity contribution in [1.29, 1.82) is 0 Å². The number of halogens is 2. The molecule has 1 unspecified atom stereocenters. The Morgan fingerprint density at radius 3 is 2.63 bits per heavy atom. The zero-order chi connectivity index (χ0) is 18.8. The predicted molar refractivity (Wildman–Crippen MR) is 99.6 cm³/mol. The monoisotopic (exact) mass is 385 g/mol. The summed E-state index contributed by atoms with van der Waals surface area (Å²) in [6, 6.07) is 12.2. The second kappa shape index (κ2) is 7.52. The van der Waals surface area contributed by atoms with Gasteiger partial charge in [0.1, 0.15) is 21.6 Å².